The average molecular weight is 228 g/mol. The SMILES string of the molecule is C=CC[N+](C)(CCC)CC(F)(F)C(F)F. The van der Waals surface area contributed by atoms with Gasteiger partial charge in [-0.15, -0.1) is 0 Å². The molecule has 1 atom stereocenters. The summed E-state index contributed by atoms with van der Waals surface area (Å²) < 4.78 is 49.8. The average Bonchev–Trinajstić information content (AvgIpc) is 2.02. The monoisotopic (exact) mass is 228 g/mol. The largest absolute Gasteiger partial charge is 0.354 e. The number of hydrogen-bond acceptors (Lipinski definition) is 0. The molecule has 5 heteroatoms. The van der Waals surface area contributed by atoms with Crippen LogP contribution < -0.4 is 0 Å². The third kappa shape index (κ3) is 4.64. The molecule has 0 amide bonds. The van der Waals surface area contributed by atoms with Gasteiger partial charge in [0.1, 0.15) is 6.54 Å². The summed E-state index contributed by atoms with van der Waals surface area (Å²) in [6.45, 7) is 5.16. The Kier molecular flexibility index (Phi) is 5.28. The third-order valence-electron chi connectivity index (χ3n) is 2.25. The number of alkyl halides is 4. The molecule has 0 N–H and O–H groups in total. The van der Waals surface area contributed by atoms with Crippen LogP contribution in [-0.4, -0.2) is 43.5 Å². The first-order valence-electron chi connectivity index (χ1n) is 4.88. The maximum atomic E-state index is 12.9. The summed E-state index contributed by atoms with van der Waals surface area (Å²) in [6, 6.07) is 0. The summed E-state index contributed by atoms with van der Waals surface area (Å²) in [5.74, 6) is -3.92. The third-order valence-corrected chi connectivity index (χ3v) is 2.25. The molecule has 0 aromatic carbocycles. The fourth-order valence-electron chi connectivity index (χ4n) is 1.66. The van der Waals surface area contributed by atoms with Crippen LogP contribution in [0.2, 0.25) is 0 Å². The Morgan fingerprint density at radius 3 is 2.27 bits per heavy atom. The summed E-state index contributed by atoms with van der Waals surface area (Å²) in [4.78, 5) is 0. The highest BCUT2D eigenvalue weighted by atomic mass is 19.3. The lowest BCUT2D eigenvalue weighted by atomic mass is 10.2. The minimum atomic E-state index is -3.92. The smallest absolute Gasteiger partial charge is 0.318 e. The molecule has 0 fully saturated rings. The van der Waals surface area contributed by atoms with E-state index >= 15 is 0 Å². The van der Waals surface area contributed by atoms with Crippen molar-refractivity contribution < 1.29 is 22.0 Å². The zero-order valence-electron chi connectivity index (χ0n) is 9.15. The molecule has 0 aliphatic heterocycles. The highest BCUT2D eigenvalue weighted by molar-refractivity contribution is 4.72. The van der Waals surface area contributed by atoms with Crippen LogP contribution in [0.5, 0.6) is 0 Å². The molecule has 0 aromatic heterocycles. The highest BCUT2D eigenvalue weighted by Crippen LogP contribution is 2.26. The van der Waals surface area contributed by atoms with Gasteiger partial charge in [-0.2, -0.15) is 8.78 Å². The minimum absolute atomic E-state index is 0.0999. The van der Waals surface area contributed by atoms with E-state index in [1.165, 1.54) is 6.08 Å². The van der Waals surface area contributed by atoms with Crippen LogP contribution in [0.3, 0.4) is 0 Å². The van der Waals surface area contributed by atoms with Gasteiger partial charge in [0.05, 0.1) is 20.1 Å². The van der Waals surface area contributed by atoms with Crippen LogP contribution >= 0.6 is 0 Å². The Morgan fingerprint density at radius 1 is 1.40 bits per heavy atom. The first kappa shape index (κ1) is 14.4. The number of rotatable bonds is 7. The molecule has 15 heavy (non-hydrogen) atoms. The standard InChI is InChI=1S/C10H18F4N/c1-4-6-15(3,7-5-2)8-10(13,14)9(11)12/h4,9H,1,5-8H2,2-3H3/q+1. The van der Waals surface area contributed by atoms with E-state index in [-0.39, 0.29) is 11.0 Å². The summed E-state index contributed by atoms with van der Waals surface area (Å²) in [6.07, 6.45) is -1.45. The molecule has 0 saturated heterocycles. The normalized spacial score (nSPS) is 16.5. The van der Waals surface area contributed by atoms with Crippen molar-refractivity contribution >= 4 is 0 Å². The number of halogens is 4. The lowest BCUT2D eigenvalue weighted by Gasteiger charge is -2.35. The van der Waals surface area contributed by atoms with Gasteiger partial charge in [0.15, 0.2) is 0 Å². The van der Waals surface area contributed by atoms with E-state index in [0.717, 1.165) is 0 Å². The van der Waals surface area contributed by atoms with Gasteiger partial charge in [-0.05, 0) is 12.5 Å². The van der Waals surface area contributed by atoms with Crippen LogP contribution in [0.25, 0.3) is 0 Å². The molecule has 1 nitrogen and oxygen atoms in total. The Hall–Kier alpha value is -0.580. The summed E-state index contributed by atoms with van der Waals surface area (Å²) in [5, 5.41) is 0. The van der Waals surface area contributed by atoms with Crippen molar-refractivity contribution in [1.29, 1.82) is 0 Å². The predicted octanol–water partition coefficient (Wildman–Crippen LogP) is 2.93. The Morgan fingerprint density at radius 2 is 1.93 bits per heavy atom. The predicted molar refractivity (Wildman–Crippen MR) is 52.2 cm³/mol. The van der Waals surface area contributed by atoms with Gasteiger partial charge in [0.2, 0.25) is 0 Å². The lowest BCUT2D eigenvalue weighted by Crippen LogP contribution is -2.53. The molecule has 90 valence electrons. The molecule has 0 spiro atoms. The van der Waals surface area contributed by atoms with E-state index in [9.17, 15) is 17.6 Å². The van der Waals surface area contributed by atoms with Gasteiger partial charge in [-0.25, -0.2) is 8.78 Å². The molecule has 0 heterocycles. The molecule has 1 unspecified atom stereocenters. The quantitative estimate of drug-likeness (QED) is 0.357. The summed E-state index contributed by atoms with van der Waals surface area (Å²) in [5.41, 5.74) is 0. The van der Waals surface area contributed by atoms with Gasteiger partial charge >= 0.3 is 12.3 Å². The second-order valence-electron chi connectivity index (χ2n) is 4.03. The van der Waals surface area contributed by atoms with Crippen LogP contribution in [0.1, 0.15) is 13.3 Å². The maximum absolute atomic E-state index is 12.9. The van der Waals surface area contributed by atoms with Gasteiger partial charge in [0, 0.05) is 0 Å². The second-order valence-corrected chi connectivity index (χ2v) is 4.03. The van der Waals surface area contributed by atoms with Crippen molar-refractivity contribution in [1.82, 2.24) is 0 Å². The molecule has 0 aliphatic carbocycles. The molecule has 0 aromatic rings. The number of nitrogens with zero attached hydrogens (tertiary/aromatic N) is 1. The van der Waals surface area contributed by atoms with Gasteiger partial charge in [-0.3, -0.25) is 0 Å². The van der Waals surface area contributed by atoms with E-state index in [1.807, 2.05) is 6.92 Å². The summed E-state index contributed by atoms with van der Waals surface area (Å²) in [7, 11) is 1.54. The Bertz CT molecular complexity index is 206. The first-order valence-corrected chi connectivity index (χ1v) is 4.88. The Balaban J connectivity index is 4.59. The minimum Gasteiger partial charge on any atom is -0.318 e. The molecule has 0 radical (unpaired) electrons. The number of likely N-dealkylation sites (N-methyl/N-ethyl adjacent to an activating group) is 1. The van der Waals surface area contributed by atoms with Crippen LogP contribution in [-0.2, 0) is 0 Å². The van der Waals surface area contributed by atoms with Crippen molar-refractivity contribution in [2.75, 3.05) is 26.7 Å². The van der Waals surface area contributed by atoms with Crippen molar-refractivity contribution in [3.8, 4) is 0 Å². The van der Waals surface area contributed by atoms with Gasteiger partial charge in [0.25, 0.3) is 0 Å². The van der Waals surface area contributed by atoms with E-state index in [4.69, 9.17) is 0 Å². The van der Waals surface area contributed by atoms with Crippen LogP contribution in [0, 0.1) is 0 Å². The number of quaternary nitrogens is 1. The second kappa shape index (κ2) is 5.49. The molecule has 0 saturated carbocycles. The first-order chi connectivity index (χ1) is 6.77. The van der Waals surface area contributed by atoms with Crippen LogP contribution in [0.15, 0.2) is 12.7 Å². The highest BCUT2D eigenvalue weighted by Gasteiger charge is 2.47. The van der Waals surface area contributed by atoms with Crippen molar-refractivity contribution in [2.45, 2.75) is 25.7 Å². The molecular weight excluding hydrogens is 210 g/mol. The number of hydrogen-bond donors (Lipinski definition) is 0. The topological polar surface area (TPSA) is 0 Å². The van der Waals surface area contributed by atoms with E-state index in [2.05, 4.69) is 6.58 Å². The molecular formula is C10H18F4N+. The van der Waals surface area contributed by atoms with E-state index < -0.39 is 18.9 Å². The zero-order valence-corrected chi connectivity index (χ0v) is 9.15. The molecule has 0 bridgehead atoms. The van der Waals surface area contributed by atoms with Crippen molar-refractivity contribution in [3.05, 3.63) is 12.7 Å². The van der Waals surface area contributed by atoms with Gasteiger partial charge in [-0.1, -0.05) is 13.5 Å². The lowest BCUT2D eigenvalue weighted by molar-refractivity contribution is -0.912. The summed E-state index contributed by atoms with van der Waals surface area (Å²) >= 11 is 0. The molecule has 0 rings (SSSR count). The van der Waals surface area contributed by atoms with Crippen molar-refractivity contribution in [3.63, 3.8) is 0 Å². The Labute approximate surface area is 88.0 Å². The maximum Gasteiger partial charge on any atom is 0.354 e. The van der Waals surface area contributed by atoms with E-state index in [1.54, 1.807) is 7.05 Å². The van der Waals surface area contributed by atoms with Gasteiger partial charge < -0.3 is 4.48 Å². The van der Waals surface area contributed by atoms with Crippen molar-refractivity contribution in [2.24, 2.45) is 0 Å². The fourth-order valence-corrected chi connectivity index (χ4v) is 1.66. The van der Waals surface area contributed by atoms with E-state index in [0.29, 0.717) is 13.0 Å². The fraction of sp³-hybridized carbons (Fsp3) is 0.800. The van der Waals surface area contributed by atoms with Crippen LogP contribution in [0.4, 0.5) is 17.6 Å². The zero-order chi connectivity index (χ0) is 12.1. The molecule has 0 aliphatic rings.